The summed E-state index contributed by atoms with van der Waals surface area (Å²) in [6.45, 7) is 2.06. The molecule has 1 aromatic rings. The van der Waals surface area contributed by atoms with Gasteiger partial charge in [-0.2, -0.15) is 0 Å². The van der Waals surface area contributed by atoms with Crippen LogP contribution in [0.3, 0.4) is 0 Å². The molecule has 0 atom stereocenters. The molecule has 2 rings (SSSR count). The number of anilines is 1. The number of hydrogen-bond acceptors (Lipinski definition) is 3. The molecular weight excluding hydrogens is 186 g/mol. The van der Waals surface area contributed by atoms with E-state index in [1.165, 1.54) is 12.8 Å². The Morgan fingerprint density at radius 1 is 1.54 bits per heavy atom. The fraction of sp³-hybridized carbons (Fsp3) is 0.556. The van der Waals surface area contributed by atoms with Gasteiger partial charge in [0.2, 0.25) is 5.95 Å². The summed E-state index contributed by atoms with van der Waals surface area (Å²) in [5.41, 5.74) is 0.989. The van der Waals surface area contributed by atoms with Crippen LogP contribution in [0.2, 0.25) is 5.15 Å². The van der Waals surface area contributed by atoms with E-state index < -0.39 is 0 Å². The van der Waals surface area contributed by atoms with E-state index in [0.717, 1.165) is 12.1 Å². The van der Waals surface area contributed by atoms with Gasteiger partial charge in [0.15, 0.2) is 0 Å². The van der Waals surface area contributed by atoms with E-state index in [1.54, 1.807) is 6.07 Å². The first kappa shape index (κ1) is 8.75. The maximum absolute atomic E-state index is 5.84. The van der Waals surface area contributed by atoms with Crippen LogP contribution in [0, 0.1) is 0 Å². The molecule has 0 bridgehead atoms. The fourth-order valence-electron chi connectivity index (χ4n) is 1.12. The topological polar surface area (TPSA) is 37.8 Å². The number of nitrogens with zero attached hydrogens (tertiary/aromatic N) is 2. The molecule has 0 spiro atoms. The van der Waals surface area contributed by atoms with Gasteiger partial charge in [-0.25, -0.2) is 9.97 Å². The minimum absolute atomic E-state index is 0.523. The highest BCUT2D eigenvalue weighted by molar-refractivity contribution is 6.29. The lowest BCUT2D eigenvalue weighted by Gasteiger charge is -2.04. The van der Waals surface area contributed by atoms with E-state index in [-0.39, 0.29) is 0 Å². The first-order valence-corrected chi connectivity index (χ1v) is 4.95. The number of halogens is 1. The van der Waals surface area contributed by atoms with Crippen molar-refractivity contribution in [3.63, 3.8) is 0 Å². The number of nitrogens with one attached hydrogen (secondary N) is 1. The quantitative estimate of drug-likeness (QED) is 0.756. The van der Waals surface area contributed by atoms with Gasteiger partial charge in [0.1, 0.15) is 5.15 Å². The zero-order valence-corrected chi connectivity index (χ0v) is 8.30. The second-order valence-electron chi connectivity index (χ2n) is 3.28. The Labute approximate surface area is 82.5 Å². The maximum atomic E-state index is 5.84. The van der Waals surface area contributed by atoms with Crippen molar-refractivity contribution in [2.24, 2.45) is 0 Å². The van der Waals surface area contributed by atoms with Gasteiger partial charge in [-0.3, -0.25) is 0 Å². The highest BCUT2D eigenvalue weighted by atomic mass is 35.5. The number of rotatable bonds is 3. The van der Waals surface area contributed by atoms with Gasteiger partial charge in [0, 0.05) is 11.7 Å². The molecule has 1 N–H and O–H groups in total. The third kappa shape index (κ3) is 2.31. The van der Waals surface area contributed by atoms with Crippen LogP contribution in [0.4, 0.5) is 5.95 Å². The molecule has 0 amide bonds. The average Bonchev–Trinajstić information content (AvgIpc) is 2.87. The summed E-state index contributed by atoms with van der Waals surface area (Å²) in [5.74, 6) is 0.673. The lowest BCUT2D eigenvalue weighted by atomic mass is 10.3. The summed E-state index contributed by atoms with van der Waals surface area (Å²) >= 11 is 5.84. The molecule has 13 heavy (non-hydrogen) atoms. The standard InChI is InChI=1S/C9H12ClN3/c1-2-6-5-8(10)13-9(11-6)12-7-3-4-7/h5,7H,2-4H2,1H3,(H,11,12,13). The van der Waals surface area contributed by atoms with Gasteiger partial charge < -0.3 is 5.32 Å². The molecule has 0 saturated heterocycles. The highest BCUT2D eigenvalue weighted by Gasteiger charge is 2.22. The normalized spacial score (nSPS) is 15.8. The predicted molar refractivity (Wildman–Crippen MR) is 53.1 cm³/mol. The van der Waals surface area contributed by atoms with Crippen LogP contribution in [0.15, 0.2) is 6.07 Å². The number of aromatic nitrogens is 2. The SMILES string of the molecule is CCc1cc(Cl)nc(NC2CC2)n1. The lowest BCUT2D eigenvalue weighted by Crippen LogP contribution is -2.06. The van der Waals surface area contributed by atoms with Crippen LogP contribution in [-0.4, -0.2) is 16.0 Å². The van der Waals surface area contributed by atoms with E-state index in [1.807, 2.05) is 0 Å². The average molecular weight is 198 g/mol. The third-order valence-electron chi connectivity index (χ3n) is 2.02. The Balaban J connectivity index is 2.17. The molecule has 70 valence electrons. The molecule has 0 aliphatic heterocycles. The zero-order valence-electron chi connectivity index (χ0n) is 7.55. The van der Waals surface area contributed by atoms with Crippen LogP contribution < -0.4 is 5.32 Å². The van der Waals surface area contributed by atoms with Crippen LogP contribution in [0.1, 0.15) is 25.5 Å². The molecule has 4 heteroatoms. The number of hydrogen-bond donors (Lipinski definition) is 1. The van der Waals surface area contributed by atoms with Crippen molar-refractivity contribution in [1.82, 2.24) is 9.97 Å². The molecule has 1 saturated carbocycles. The minimum Gasteiger partial charge on any atom is -0.351 e. The Morgan fingerprint density at radius 3 is 2.92 bits per heavy atom. The zero-order chi connectivity index (χ0) is 9.26. The van der Waals surface area contributed by atoms with Crippen molar-refractivity contribution in [3.8, 4) is 0 Å². The van der Waals surface area contributed by atoms with Gasteiger partial charge in [-0.05, 0) is 25.3 Å². The van der Waals surface area contributed by atoms with Crippen molar-refractivity contribution in [2.75, 3.05) is 5.32 Å². The first-order chi connectivity index (χ1) is 6.28. The van der Waals surface area contributed by atoms with Crippen molar-refractivity contribution >= 4 is 17.5 Å². The lowest BCUT2D eigenvalue weighted by molar-refractivity contribution is 0.974. The molecule has 0 unspecified atom stereocenters. The summed E-state index contributed by atoms with van der Waals surface area (Å²) in [6.07, 6.45) is 3.33. The van der Waals surface area contributed by atoms with Crippen molar-refractivity contribution in [3.05, 3.63) is 16.9 Å². The van der Waals surface area contributed by atoms with Crippen LogP contribution >= 0.6 is 11.6 Å². The van der Waals surface area contributed by atoms with Gasteiger partial charge in [0.25, 0.3) is 0 Å². The van der Waals surface area contributed by atoms with Gasteiger partial charge >= 0.3 is 0 Å². The van der Waals surface area contributed by atoms with E-state index in [0.29, 0.717) is 17.1 Å². The monoisotopic (exact) mass is 197 g/mol. The number of aryl methyl sites for hydroxylation is 1. The van der Waals surface area contributed by atoms with Crippen molar-refractivity contribution in [1.29, 1.82) is 0 Å². The van der Waals surface area contributed by atoms with Gasteiger partial charge in [-0.15, -0.1) is 0 Å². The molecule has 0 radical (unpaired) electrons. The second-order valence-corrected chi connectivity index (χ2v) is 3.67. The Bertz CT molecular complexity index is 310. The molecule has 0 aromatic carbocycles. The van der Waals surface area contributed by atoms with Crippen LogP contribution in [-0.2, 0) is 6.42 Å². The predicted octanol–water partition coefficient (Wildman–Crippen LogP) is 2.27. The van der Waals surface area contributed by atoms with E-state index >= 15 is 0 Å². The summed E-state index contributed by atoms with van der Waals surface area (Å²) in [7, 11) is 0. The molecule has 1 aromatic heterocycles. The fourth-order valence-corrected chi connectivity index (χ4v) is 1.33. The molecule has 1 fully saturated rings. The Morgan fingerprint density at radius 2 is 2.31 bits per heavy atom. The first-order valence-electron chi connectivity index (χ1n) is 4.58. The minimum atomic E-state index is 0.523. The smallest absolute Gasteiger partial charge is 0.224 e. The van der Waals surface area contributed by atoms with Crippen LogP contribution in [0.25, 0.3) is 0 Å². The summed E-state index contributed by atoms with van der Waals surface area (Å²) in [6, 6.07) is 2.38. The molecule has 1 aliphatic carbocycles. The van der Waals surface area contributed by atoms with E-state index in [2.05, 4.69) is 22.2 Å². The maximum Gasteiger partial charge on any atom is 0.224 e. The Hall–Kier alpha value is -0.830. The van der Waals surface area contributed by atoms with Gasteiger partial charge in [0.05, 0.1) is 0 Å². The summed E-state index contributed by atoms with van der Waals surface area (Å²) in [4.78, 5) is 8.43. The highest BCUT2D eigenvalue weighted by Crippen LogP contribution is 2.23. The molecular formula is C9H12ClN3. The summed E-state index contributed by atoms with van der Waals surface area (Å²) < 4.78 is 0. The van der Waals surface area contributed by atoms with E-state index in [9.17, 15) is 0 Å². The molecule has 1 heterocycles. The van der Waals surface area contributed by atoms with Crippen molar-refractivity contribution in [2.45, 2.75) is 32.2 Å². The molecule has 3 nitrogen and oxygen atoms in total. The van der Waals surface area contributed by atoms with Crippen LogP contribution in [0.5, 0.6) is 0 Å². The Kier molecular flexibility index (Phi) is 2.36. The largest absolute Gasteiger partial charge is 0.351 e. The van der Waals surface area contributed by atoms with E-state index in [4.69, 9.17) is 11.6 Å². The van der Waals surface area contributed by atoms with Crippen molar-refractivity contribution < 1.29 is 0 Å². The third-order valence-corrected chi connectivity index (χ3v) is 2.21. The summed E-state index contributed by atoms with van der Waals surface area (Å²) in [5, 5.41) is 3.75. The second kappa shape index (κ2) is 3.50. The molecule has 1 aliphatic rings. The van der Waals surface area contributed by atoms with Gasteiger partial charge in [-0.1, -0.05) is 18.5 Å².